The molecule has 0 saturated carbocycles. The van der Waals surface area contributed by atoms with E-state index in [1.54, 1.807) is 48.4 Å². The highest BCUT2D eigenvalue weighted by Gasteiger charge is 2.55. The molecular formula is C65H87BF2N12O20S2+2. The van der Waals surface area contributed by atoms with Gasteiger partial charge in [-0.25, -0.2) is 4.79 Å². The van der Waals surface area contributed by atoms with Crippen LogP contribution in [0.25, 0.3) is 18.2 Å². The lowest BCUT2D eigenvalue weighted by Gasteiger charge is -2.31. The van der Waals surface area contributed by atoms with Crippen LogP contribution in [-0.2, 0) is 50.6 Å². The van der Waals surface area contributed by atoms with Gasteiger partial charge in [0.15, 0.2) is 17.7 Å². The number of fused-ring (bicyclic) bond motifs is 2. The minimum Gasteiger partial charge on any atom is -0.494 e. The fourth-order valence-corrected chi connectivity index (χ4v) is 12.5. The second-order valence-corrected chi connectivity index (χ2v) is 29.7. The molecule has 3 aromatic heterocycles. The quantitative estimate of drug-likeness (QED) is 0.00396. The summed E-state index contributed by atoms with van der Waals surface area (Å²) < 4.78 is 123. The van der Waals surface area contributed by atoms with Gasteiger partial charge >= 0.3 is 13.1 Å². The summed E-state index contributed by atoms with van der Waals surface area (Å²) in [5.74, 6) is -8.37. The number of likely N-dealkylation sites (N-methyl/N-ethyl adjacent to an activating group) is 1. The van der Waals surface area contributed by atoms with E-state index in [-0.39, 0.29) is 62.6 Å². The Morgan fingerprint density at radius 1 is 0.794 bits per heavy atom. The molecule has 0 saturated heterocycles. The van der Waals surface area contributed by atoms with Gasteiger partial charge in [-0.05, 0) is 93.8 Å². The number of allylic oxidation sites excluding steroid dienone is 2. The summed E-state index contributed by atoms with van der Waals surface area (Å²) in [4.78, 5) is 97.6. The standard InChI is InChI=1S/C65H85BF2N12O20S2/c1-42-16-23-51(71-42)57-35-46(14-11-30-80(7,8)9)55-36-54-45(13-10-29-79(4,5)6)33-48(75(54)66(67,68)76(55)57)20-17-44-18-21-49(22-19-44)97-31-12-15-59(82)72-53(41-102(94,95)96)64(87)70-38-60(83)73-52(40-101(91,92)93)63(86)69-26-27-74(3)28-32-98-58-37-56(78(89)90)50(34-47(58)39-81)43(2)99-65(88)100-77-61(84)24-25-62(77)85/h16-25,33-37,39,43,52-53,71H,10-15,26-32,38,40-41H2,1-9H3,(H6-2,69,70,72,73,82,83,84,85,86,87,91,92,93,94,95,96)/p+2. The molecule has 3 atom stereocenters. The van der Waals surface area contributed by atoms with Gasteiger partial charge in [-0.15, -0.1) is 4.73 Å². The van der Waals surface area contributed by atoms with E-state index in [4.69, 9.17) is 19.0 Å². The van der Waals surface area contributed by atoms with E-state index in [2.05, 4.69) is 57.9 Å². The molecule has 554 valence electrons. The van der Waals surface area contributed by atoms with Crippen LogP contribution < -0.4 is 35.6 Å². The molecular weight excluding hydrogens is 1380 g/mol. The molecule has 0 aliphatic carbocycles. The van der Waals surface area contributed by atoms with Gasteiger partial charge in [0.25, 0.3) is 25.9 Å². The maximum atomic E-state index is 17.7. The topological polar surface area (TPSA) is 412 Å². The predicted octanol–water partition coefficient (Wildman–Crippen LogP) is 3.85. The Morgan fingerprint density at radius 3 is 2.00 bits per heavy atom. The Kier molecular flexibility index (Phi) is 26.4. The van der Waals surface area contributed by atoms with Crippen molar-refractivity contribution in [1.82, 2.24) is 40.4 Å². The Bertz CT molecular complexity index is 4290. The summed E-state index contributed by atoms with van der Waals surface area (Å²) in [7, 11) is 4.22. The van der Waals surface area contributed by atoms with Crippen molar-refractivity contribution in [2.45, 2.75) is 70.6 Å². The number of rotatable bonds is 38. The minimum atomic E-state index is -4.95. The summed E-state index contributed by atoms with van der Waals surface area (Å²) >= 11 is 0. The van der Waals surface area contributed by atoms with Gasteiger partial charge in [-0.1, -0.05) is 18.2 Å². The zero-order chi connectivity index (χ0) is 75.2. The van der Waals surface area contributed by atoms with Crippen LogP contribution in [0.15, 0.2) is 84.1 Å². The number of nitrogens with zero attached hydrogens (tertiary/aromatic N) is 7. The monoisotopic (exact) mass is 1470 g/mol. The first-order valence-electron chi connectivity index (χ1n) is 32.3. The third-order valence-electron chi connectivity index (χ3n) is 16.2. The number of nitro groups is 1. The van der Waals surface area contributed by atoms with Gasteiger partial charge in [0, 0.05) is 85.8 Å². The molecule has 7 rings (SSSR count). The van der Waals surface area contributed by atoms with Gasteiger partial charge in [-0.2, -0.15) is 16.8 Å². The SMILES string of the molecule is Cc1ccc(C2=[N+]3C(=Cc4c(CCC[N+](C)(C)C)cc(C=Cc5ccc(OCCCC(=O)NC(CS(=O)(=O)O)C(=O)NCC(=O)NC(CS(=O)(=O)O)C(=O)NCCN(C)CCOc6cc([N+](=O)[O-])c(C(C)OC(=O)On7c(O)ccc7O)cc6C=O)cc5)n4[B-]3(F)F)C(CCC[N+](C)(C)C)=C2)[nH]1. The highest BCUT2D eigenvalue weighted by molar-refractivity contribution is 7.86. The molecule has 3 unspecified atom stereocenters. The van der Waals surface area contributed by atoms with Crippen molar-refractivity contribution in [2.24, 2.45) is 0 Å². The molecule has 37 heteroatoms. The molecule has 9 N–H and O–H groups in total. The number of ether oxygens (including phenoxy) is 3. The van der Waals surface area contributed by atoms with E-state index in [0.717, 1.165) is 71.5 Å². The highest BCUT2D eigenvalue weighted by atomic mass is 32.2. The van der Waals surface area contributed by atoms with Crippen LogP contribution in [0.1, 0.15) is 95.0 Å². The van der Waals surface area contributed by atoms with E-state index in [0.29, 0.717) is 68.1 Å². The third kappa shape index (κ3) is 22.9. The maximum Gasteiger partial charge on any atom is 0.737 e. The van der Waals surface area contributed by atoms with Crippen LogP contribution in [0.4, 0.5) is 19.1 Å². The molecule has 2 aliphatic heterocycles. The van der Waals surface area contributed by atoms with Crippen LogP contribution in [0.5, 0.6) is 23.3 Å². The van der Waals surface area contributed by atoms with Crippen molar-refractivity contribution < 1.29 is 111 Å². The maximum absolute atomic E-state index is 17.7. The number of nitrogens with one attached hydrogen (secondary N) is 5. The number of benzene rings is 2. The number of hydrogen-bond acceptors (Lipinski definition) is 19. The number of hydrogen-bond donors (Lipinski definition) is 9. The second-order valence-electron chi connectivity index (χ2n) is 26.7. The molecule has 5 heterocycles. The van der Waals surface area contributed by atoms with Gasteiger partial charge in [-0.3, -0.25) is 48.0 Å². The van der Waals surface area contributed by atoms with Gasteiger partial charge in [0.05, 0.1) is 90.6 Å². The van der Waals surface area contributed by atoms with Crippen LogP contribution in [0.3, 0.4) is 0 Å². The van der Waals surface area contributed by atoms with Gasteiger partial charge < -0.3 is 82.1 Å². The largest absolute Gasteiger partial charge is 0.737 e. The lowest BCUT2D eigenvalue weighted by atomic mass is 9.88. The lowest BCUT2D eigenvalue weighted by molar-refractivity contribution is -0.870. The van der Waals surface area contributed by atoms with Crippen LogP contribution in [-0.4, -0.2) is 248 Å². The molecule has 5 aromatic rings. The number of aldehydes is 1. The molecule has 2 aliphatic rings. The third-order valence-corrected chi connectivity index (χ3v) is 17.7. The number of aromatic amines is 1. The Morgan fingerprint density at radius 2 is 1.41 bits per heavy atom. The number of H-pyrrole nitrogens is 1. The van der Waals surface area contributed by atoms with E-state index < -0.39 is 116 Å². The molecule has 0 spiro atoms. The second kappa shape index (κ2) is 33.8. The fraction of sp³-hybridized carbons (Fsp3) is 0.431. The zero-order valence-electron chi connectivity index (χ0n) is 57.9. The Hall–Kier alpha value is -9.79. The van der Waals surface area contributed by atoms with E-state index >= 15 is 8.63 Å². The van der Waals surface area contributed by atoms with Crippen LogP contribution >= 0.6 is 0 Å². The minimum absolute atomic E-state index is 0.0142. The van der Waals surface area contributed by atoms with Crippen molar-refractivity contribution in [3.63, 3.8) is 0 Å². The van der Waals surface area contributed by atoms with Crippen molar-refractivity contribution in [1.29, 1.82) is 0 Å². The number of carbonyl (C=O) groups is 6. The van der Waals surface area contributed by atoms with Crippen molar-refractivity contribution in [3.05, 3.63) is 139 Å². The zero-order valence-corrected chi connectivity index (χ0v) is 59.5. The number of nitro benzene ring substituents is 1. The molecule has 102 heavy (non-hydrogen) atoms. The van der Waals surface area contributed by atoms with E-state index in [9.17, 15) is 75.0 Å². The molecule has 0 fully saturated rings. The number of aromatic nitrogens is 3. The van der Waals surface area contributed by atoms with E-state index in [1.165, 1.54) is 15.9 Å². The predicted molar refractivity (Wildman–Crippen MR) is 371 cm³/mol. The summed E-state index contributed by atoms with van der Waals surface area (Å²) in [6, 6.07) is 12.3. The first-order valence-corrected chi connectivity index (χ1v) is 35.6. The molecule has 32 nitrogen and oxygen atoms in total. The molecule has 4 amide bonds. The van der Waals surface area contributed by atoms with Gasteiger partial charge in [0.1, 0.15) is 53.5 Å². The number of carbonyl (C=O) groups excluding carboxylic acids is 6. The van der Waals surface area contributed by atoms with Crippen molar-refractivity contribution in [2.75, 3.05) is 113 Å². The van der Waals surface area contributed by atoms with Gasteiger partial charge in [0.2, 0.25) is 35.4 Å². The smallest absolute Gasteiger partial charge is 0.494 e. The first-order chi connectivity index (χ1) is 47.7. The fourth-order valence-electron chi connectivity index (χ4n) is 11.2. The Labute approximate surface area is 588 Å². The number of aryl methyl sites for hydroxylation is 2. The number of amides is 4. The summed E-state index contributed by atoms with van der Waals surface area (Å²) in [6.07, 6.45) is 7.13. The summed E-state index contributed by atoms with van der Waals surface area (Å²) in [5, 5.41) is 40.1. The van der Waals surface area contributed by atoms with Crippen molar-refractivity contribution >= 4 is 92.9 Å². The average molecular weight is 1470 g/mol. The lowest BCUT2D eigenvalue weighted by Crippen LogP contribution is -2.55. The normalized spacial score (nSPS) is 14.6. The molecule has 0 bridgehead atoms. The number of aromatic hydroxyl groups is 2. The number of quaternary nitrogens is 2. The first kappa shape index (κ1) is 79.5. The molecule has 0 radical (unpaired) electrons. The summed E-state index contributed by atoms with van der Waals surface area (Å²) in [5.41, 5.74) is 4.41. The van der Waals surface area contributed by atoms with E-state index in [1.807, 2.05) is 47.9 Å². The Balaban J connectivity index is 0.888. The average Bonchev–Trinajstić information content (AvgIpc) is 1.55. The van der Waals surface area contributed by atoms with Crippen LogP contribution in [0, 0.1) is 17.0 Å². The highest BCUT2D eigenvalue weighted by Crippen LogP contribution is 2.41. The summed E-state index contributed by atoms with van der Waals surface area (Å²) in [6.45, 7) is -1.07. The molecule has 2 aromatic carbocycles. The number of halogens is 2. The van der Waals surface area contributed by atoms with Crippen LogP contribution in [0.2, 0.25) is 0 Å². The van der Waals surface area contributed by atoms with Crippen molar-refractivity contribution in [3.8, 4) is 23.3 Å².